The predicted molar refractivity (Wildman–Crippen MR) is 46.9 cm³/mol. The summed E-state index contributed by atoms with van der Waals surface area (Å²) in [6.07, 6.45) is 3.36. The molecular formula is C6H8N6S. The number of nitrogens with two attached hydrogens (primary N) is 1. The molecule has 2 rings (SSSR count). The first-order valence-electron chi connectivity index (χ1n) is 3.73. The zero-order valence-electron chi connectivity index (χ0n) is 6.79. The van der Waals surface area contributed by atoms with E-state index in [0.29, 0.717) is 18.9 Å². The number of hydrogen-bond donors (Lipinski definition) is 1. The molecule has 0 saturated carbocycles. The summed E-state index contributed by atoms with van der Waals surface area (Å²) in [7, 11) is 0. The van der Waals surface area contributed by atoms with Crippen molar-refractivity contribution >= 4 is 11.7 Å². The van der Waals surface area contributed by atoms with E-state index in [1.54, 1.807) is 17.2 Å². The Morgan fingerprint density at radius 2 is 2.46 bits per heavy atom. The van der Waals surface area contributed by atoms with E-state index in [1.807, 2.05) is 0 Å². The third-order valence-electron chi connectivity index (χ3n) is 1.50. The molecule has 0 aliphatic rings. The molecule has 0 radical (unpaired) electrons. The van der Waals surface area contributed by atoms with E-state index in [1.165, 1.54) is 11.7 Å². The summed E-state index contributed by atoms with van der Waals surface area (Å²) in [4.78, 5) is 4.00. The Hall–Kier alpha value is -1.34. The SMILES string of the molecule is NCc1ncn(Cc2cnsn2)n1. The van der Waals surface area contributed by atoms with E-state index >= 15 is 0 Å². The molecule has 2 heterocycles. The molecule has 0 bridgehead atoms. The van der Waals surface area contributed by atoms with Gasteiger partial charge in [0.05, 0.1) is 36.7 Å². The molecule has 0 spiro atoms. The number of nitrogens with zero attached hydrogens (tertiary/aromatic N) is 5. The molecule has 7 heteroatoms. The second kappa shape index (κ2) is 3.58. The first kappa shape index (κ1) is 8.27. The van der Waals surface area contributed by atoms with Gasteiger partial charge in [-0.2, -0.15) is 13.8 Å². The van der Waals surface area contributed by atoms with E-state index in [4.69, 9.17) is 5.73 Å². The van der Waals surface area contributed by atoms with Crippen LogP contribution in [-0.2, 0) is 13.1 Å². The van der Waals surface area contributed by atoms with Crippen LogP contribution >= 0.6 is 11.7 Å². The lowest BCUT2D eigenvalue weighted by molar-refractivity contribution is 0.663. The zero-order valence-corrected chi connectivity index (χ0v) is 7.61. The normalized spacial score (nSPS) is 10.5. The first-order chi connectivity index (χ1) is 6.38. The van der Waals surface area contributed by atoms with Crippen LogP contribution in [-0.4, -0.2) is 23.5 Å². The molecule has 0 aromatic carbocycles. The molecule has 6 nitrogen and oxygen atoms in total. The Bertz CT molecular complexity index is 366. The fraction of sp³-hybridized carbons (Fsp3) is 0.333. The van der Waals surface area contributed by atoms with Gasteiger partial charge >= 0.3 is 0 Å². The minimum absolute atomic E-state index is 0.363. The average Bonchev–Trinajstić information content (AvgIpc) is 2.76. The summed E-state index contributed by atoms with van der Waals surface area (Å²) in [5, 5.41) is 4.12. The highest BCUT2D eigenvalue weighted by Gasteiger charge is 2.00. The summed E-state index contributed by atoms with van der Waals surface area (Å²) < 4.78 is 9.64. The van der Waals surface area contributed by atoms with Crippen LogP contribution in [0.4, 0.5) is 0 Å². The maximum Gasteiger partial charge on any atom is 0.164 e. The van der Waals surface area contributed by atoms with Gasteiger partial charge in [-0.1, -0.05) is 0 Å². The number of hydrogen-bond acceptors (Lipinski definition) is 6. The standard InChI is InChI=1S/C6H8N6S/c7-1-6-8-4-12(10-6)3-5-2-9-13-11-5/h2,4H,1,3,7H2. The van der Waals surface area contributed by atoms with Crippen LogP contribution in [0.15, 0.2) is 12.5 Å². The van der Waals surface area contributed by atoms with Gasteiger partial charge < -0.3 is 5.73 Å². The van der Waals surface area contributed by atoms with Crippen molar-refractivity contribution in [2.45, 2.75) is 13.1 Å². The van der Waals surface area contributed by atoms with Crippen LogP contribution in [0.2, 0.25) is 0 Å². The van der Waals surface area contributed by atoms with E-state index < -0.39 is 0 Å². The van der Waals surface area contributed by atoms with Crippen molar-refractivity contribution < 1.29 is 0 Å². The Balaban J connectivity index is 2.10. The quantitative estimate of drug-likeness (QED) is 0.724. The van der Waals surface area contributed by atoms with Gasteiger partial charge in [-0.3, -0.25) is 0 Å². The largest absolute Gasteiger partial charge is 0.324 e. The molecule has 13 heavy (non-hydrogen) atoms. The van der Waals surface area contributed by atoms with E-state index in [9.17, 15) is 0 Å². The van der Waals surface area contributed by atoms with Gasteiger partial charge in [-0.05, 0) is 0 Å². The molecule has 0 aliphatic carbocycles. The molecule has 0 atom stereocenters. The lowest BCUT2D eigenvalue weighted by atomic mass is 10.5. The molecule has 0 aliphatic heterocycles. The van der Waals surface area contributed by atoms with Crippen molar-refractivity contribution in [3.8, 4) is 0 Å². The lowest BCUT2D eigenvalue weighted by Crippen LogP contribution is -2.03. The molecule has 0 amide bonds. The third kappa shape index (κ3) is 1.87. The molecule has 0 unspecified atom stereocenters. The van der Waals surface area contributed by atoms with Gasteiger partial charge in [0, 0.05) is 0 Å². The molecule has 2 aromatic heterocycles. The minimum Gasteiger partial charge on any atom is -0.324 e. The van der Waals surface area contributed by atoms with Crippen molar-refractivity contribution in [2.24, 2.45) is 5.73 Å². The van der Waals surface area contributed by atoms with Crippen molar-refractivity contribution in [3.63, 3.8) is 0 Å². The summed E-state index contributed by atoms with van der Waals surface area (Å²) in [6.45, 7) is 0.964. The molecule has 2 N–H and O–H groups in total. The Labute approximate surface area is 78.7 Å². The summed E-state index contributed by atoms with van der Waals surface area (Å²) in [5.74, 6) is 0.642. The topological polar surface area (TPSA) is 82.5 Å². The van der Waals surface area contributed by atoms with Gasteiger partial charge in [-0.25, -0.2) is 9.67 Å². The average molecular weight is 196 g/mol. The summed E-state index contributed by atoms with van der Waals surface area (Å²) in [6, 6.07) is 0. The molecule has 0 fully saturated rings. The minimum atomic E-state index is 0.363. The van der Waals surface area contributed by atoms with Crippen molar-refractivity contribution in [1.82, 2.24) is 23.5 Å². The predicted octanol–water partition coefficient (Wildman–Crippen LogP) is -0.363. The second-order valence-electron chi connectivity index (χ2n) is 2.46. The number of aromatic nitrogens is 5. The molecule has 0 saturated heterocycles. The monoisotopic (exact) mass is 196 g/mol. The highest BCUT2D eigenvalue weighted by atomic mass is 32.1. The highest BCUT2D eigenvalue weighted by Crippen LogP contribution is 1.98. The maximum atomic E-state index is 5.37. The van der Waals surface area contributed by atoms with E-state index in [0.717, 1.165) is 5.69 Å². The van der Waals surface area contributed by atoms with Crippen molar-refractivity contribution in [3.05, 3.63) is 24.0 Å². The molecule has 68 valence electrons. The van der Waals surface area contributed by atoms with Crippen LogP contribution in [0.3, 0.4) is 0 Å². The molecular weight excluding hydrogens is 188 g/mol. The van der Waals surface area contributed by atoms with Gasteiger partial charge in [0.1, 0.15) is 6.33 Å². The van der Waals surface area contributed by atoms with E-state index in [2.05, 4.69) is 18.8 Å². The fourth-order valence-electron chi connectivity index (χ4n) is 0.923. The zero-order chi connectivity index (χ0) is 9.10. The smallest absolute Gasteiger partial charge is 0.164 e. The second-order valence-corrected chi connectivity index (χ2v) is 3.02. The van der Waals surface area contributed by atoms with Crippen LogP contribution in [0, 0.1) is 0 Å². The Morgan fingerprint density at radius 1 is 1.54 bits per heavy atom. The summed E-state index contributed by atoms with van der Waals surface area (Å²) >= 11 is 1.19. The first-order valence-corrected chi connectivity index (χ1v) is 4.46. The lowest BCUT2D eigenvalue weighted by Gasteiger charge is -1.93. The Morgan fingerprint density at radius 3 is 3.08 bits per heavy atom. The fourth-order valence-corrected chi connectivity index (χ4v) is 1.35. The van der Waals surface area contributed by atoms with Gasteiger partial charge in [0.15, 0.2) is 5.82 Å². The maximum absolute atomic E-state index is 5.37. The molecule has 2 aromatic rings. The van der Waals surface area contributed by atoms with Crippen molar-refractivity contribution in [1.29, 1.82) is 0 Å². The van der Waals surface area contributed by atoms with E-state index in [-0.39, 0.29) is 0 Å². The van der Waals surface area contributed by atoms with Crippen LogP contribution in [0.1, 0.15) is 11.5 Å². The van der Waals surface area contributed by atoms with Crippen molar-refractivity contribution in [2.75, 3.05) is 0 Å². The highest BCUT2D eigenvalue weighted by molar-refractivity contribution is 6.99. The van der Waals surface area contributed by atoms with Crippen LogP contribution < -0.4 is 5.73 Å². The number of rotatable bonds is 3. The van der Waals surface area contributed by atoms with Gasteiger partial charge in [-0.15, -0.1) is 0 Å². The Kier molecular flexibility index (Phi) is 2.28. The summed E-state index contributed by atoms with van der Waals surface area (Å²) in [5.41, 5.74) is 6.26. The van der Waals surface area contributed by atoms with Crippen LogP contribution in [0.5, 0.6) is 0 Å². The van der Waals surface area contributed by atoms with Gasteiger partial charge in [0.2, 0.25) is 0 Å². The van der Waals surface area contributed by atoms with Gasteiger partial charge in [0.25, 0.3) is 0 Å². The van der Waals surface area contributed by atoms with Crippen LogP contribution in [0.25, 0.3) is 0 Å². The third-order valence-corrected chi connectivity index (χ3v) is 2.01.